The first-order valence-corrected chi connectivity index (χ1v) is 8.13. The Morgan fingerprint density at radius 2 is 1.84 bits per heavy atom. The van der Waals surface area contributed by atoms with Gasteiger partial charge < -0.3 is 9.88 Å². The summed E-state index contributed by atoms with van der Waals surface area (Å²) in [6.07, 6.45) is 2.02. The molecule has 6 heteroatoms. The van der Waals surface area contributed by atoms with Crippen LogP contribution < -0.4 is 10.9 Å². The molecule has 0 aliphatic heterocycles. The predicted molar refractivity (Wildman–Crippen MR) is 91.4 cm³/mol. The van der Waals surface area contributed by atoms with E-state index in [1.54, 1.807) is 12.3 Å². The Kier molecular flexibility index (Phi) is 4.88. The van der Waals surface area contributed by atoms with E-state index >= 15 is 0 Å². The number of rotatable bonds is 4. The second kappa shape index (κ2) is 7.25. The average Bonchev–Trinajstić information content (AvgIpc) is 2.60. The fourth-order valence-corrected chi connectivity index (χ4v) is 2.88. The van der Waals surface area contributed by atoms with Gasteiger partial charge in [-0.05, 0) is 24.1 Å². The van der Waals surface area contributed by atoms with Crippen LogP contribution >= 0.6 is 0 Å². The van der Waals surface area contributed by atoms with Gasteiger partial charge in [-0.3, -0.25) is 19.2 Å². The SMILES string of the molecule is O=C1CCC(NC(=O)c2cccn(Cc3ccccc3)c2=O)C(=O)C1. The minimum atomic E-state index is -0.702. The van der Waals surface area contributed by atoms with Crippen LogP contribution in [0.5, 0.6) is 0 Å². The topological polar surface area (TPSA) is 85.2 Å². The molecule has 1 amide bonds. The molecular formula is C19H18N2O4. The number of nitrogens with one attached hydrogen (secondary N) is 1. The van der Waals surface area contributed by atoms with Crippen molar-refractivity contribution in [2.45, 2.75) is 31.8 Å². The standard InChI is InChI=1S/C19H18N2O4/c22-14-8-9-16(17(23)11-14)20-18(24)15-7-4-10-21(19(15)25)12-13-5-2-1-3-6-13/h1-7,10,16H,8-9,11-12H2,(H,20,24). The van der Waals surface area contributed by atoms with E-state index in [0.717, 1.165) is 5.56 Å². The molecule has 1 aromatic carbocycles. The molecular weight excluding hydrogens is 320 g/mol. The molecule has 25 heavy (non-hydrogen) atoms. The maximum absolute atomic E-state index is 12.6. The first-order valence-electron chi connectivity index (χ1n) is 8.13. The van der Waals surface area contributed by atoms with Crippen LogP contribution in [0.3, 0.4) is 0 Å². The van der Waals surface area contributed by atoms with Crippen molar-refractivity contribution < 1.29 is 14.4 Å². The van der Waals surface area contributed by atoms with Gasteiger partial charge >= 0.3 is 0 Å². The third kappa shape index (κ3) is 3.91. The summed E-state index contributed by atoms with van der Waals surface area (Å²) in [5, 5.41) is 2.58. The van der Waals surface area contributed by atoms with Crippen LogP contribution in [0.2, 0.25) is 0 Å². The summed E-state index contributed by atoms with van der Waals surface area (Å²) in [5.74, 6) is -0.995. The second-order valence-electron chi connectivity index (χ2n) is 6.09. The predicted octanol–water partition coefficient (Wildman–Crippen LogP) is 1.32. The lowest BCUT2D eigenvalue weighted by molar-refractivity contribution is -0.131. The molecule has 1 atom stereocenters. The molecule has 0 spiro atoms. The third-order valence-electron chi connectivity index (χ3n) is 4.24. The van der Waals surface area contributed by atoms with Crippen LogP contribution in [0, 0.1) is 0 Å². The van der Waals surface area contributed by atoms with E-state index in [-0.39, 0.29) is 36.4 Å². The van der Waals surface area contributed by atoms with E-state index in [0.29, 0.717) is 6.54 Å². The van der Waals surface area contributed by atoms with Crippen molar-refractivity contribution in [2.24, 2.45) is 0 Å². The quantitative estimate of drug-likeness (QED) is 0.852. The summed E-state index contributed by atoms with van der Waals surface area (Å²) in [7, 11) is 0. The van der Waals surface area contributed by atoms with Crippen molar-refractivity contribution in [3.63, 3.8) is 0 Å². The van der Waals surface area contributed by atoms with Crippen LogP contribution in [-0.2, 0) is 16.1 Å². The summed E-state index contributed by atoms with van der Waals surface area (Å²) < 4.78 is 1.45. The molecule has 6 nitrogen and oxygen atoms in total. The highest BCUT2D eigenvalue weighted by atomic mass is 16.2. The third-order valence-corrected chi connectivity index (χ3v) is 4.24. The summed E-state index contributed by atoms with van der Waals surface area (Å²) in [5.41, 5.74) is 0.523. The zero-order valence-corrected chi connectivity index (χ0v) is 13.6. The minimum Gasteiger partial charge on any atom is -0.342 e. The van der Waals surface area contributed by atoms with E-state index in [9.17, 15) is 19.2 Å². The van der Waals surface area contributed by atoms with Gasteiger partial charge in [0.05, 0.1) is 19.0 Å². The zero-order chi connectivity index (χ0) is 17.8. The lowest BCUT2D eigenvalue weighted by atomic mass is 9.93. The van der Waals surface area contributed by atoms with Crippen molar-refractivity contribution in [3.8, 4) is 0 Å². The van der Waals surface area contributed by atoms with E-state index in [1.807, 2.05) is 30.3 Å². The number of carbonyl (C=O) groups excluding carboxylic acids is 3. The zero-order valence-electron chi connectivity index (χ0n) is 13.6. The van der Waals surface area contributed by atoms with Gasteiger partial charge in [-0.15, -0.1) is 0 Å². The first-order chi connectivity index (χ1) is 12.0. The number of amides is 1. The van der Waals surface area contributed by atoms with Crippen LogP contribution in [-0.4, -0.2) is 28.1 Å². The molecule has 1 unspecified atom stereocenters. The Morgan fingerprint density at radius 1 is 1.08 bits per heavy atom. The maximum Gasteiger partial charge on any atom is 0.263 e. The summed E-state index contributed by atoms with van der Waals surface area (Å²) in [6.45, 7) is 0.359. The fourth-order valence-electron chi connectivity index (χ4n) is 2.88. The number of hydrogen-bond acceptors (Lipinski definition) is 4. The van der Waals surface area contributed by atoms with Gasteiger partial charge in [-0.2, -0.15) is 0 Å². The number of nitrogens with zero attached hydrogens (tertiary/aromatic N) is 1. The lowest BCUT2D eigenvalue weighted by Gasteiger charge is -2.21. The molecule has 0 saturated heterocycles. The second-order valence-corrected chi connectivity index (χ2v) is 6.09. The Labute approximate surface area is 144 Å². The number of ketones is 2. The molecule has 3 rings (SSSR count). The summed E-state index contributed by atoms with van der Waals surface area (Å²) in [4.78, 5) is 48.1. The lowest BCUT2D eigenvalue weighted by Crippen LogP contribution is -2.46. The molecule has 0 bridgehead atoms. The monoisotopic (exact) mass is 338 g/mol. The van der Waals surface area contributed by atoms with Gasteiger partial charge in [0.2, 0.25) is 0 Å². The number of hydrogen-bond donors (Lipinski definition) is 1. The normalized spacial score (nSPS) is 17.4. The van der Waals surface area contributed by atoms with Gasteiger partial charge in [0, 0.05) is 12.6 Å². The molecule has 1 fully saturated rings. The number of carbonyl (C=O) groups is 3. The molecule has 1 aliphatic rings. The fraction of sp³-hybridized carbons (Fsp3) is 0.263. The minimum absolute atomic E-state index is 0.0110. The van der Waals surface area contributed by atoms with Crippen LogP contribution in [0.15, 0.2) is 53.5 Å². The van der Waals surface area contributed by atoms with Crippen LogP contribution in [0.4, 0.5) is 0 Å². The molecule has 1 aliphatic carbocycles. The largest absolute Gasteiger partial charge is 0.342 e. The van der Waals surface area contributed by atoms with Crippen LogP contribution in [0.1, 0.15) is 35.2 Å². The molecule has 1 heterocycles. The molecule has 1 aromatic heterocycles. The molecule has 1 N–H and O–H groups in total. The van der Waals surface area contributed by atoms with Crippen molar-refractivity contribution in [2.75, 3.05) is 0 Å². The summed E-state index contributed by atoms with van der Waals surface area (Å²) >= 11 is 0. The summed E-state index contributed by atoms with van der Waals surface area (Å²) in [6, 6.07) is 11.8. The molecule has 128 valence electrons. The molecule has 2 aromatic rings. The Morgan fingerprint density at radius 3 is 2.56 bits per heavy atom. The number of pyridine rings is 1. The highest BCUT2D eigenvalue weighted by Crippen LogP contribution is 2.12. The van der Waals surface area contributed by atoms with Gasteiger partial charge in [-0.1, -0.05) is 30.3 Å². The smallest absolute Gasteiger partial charge is 0.263 e. The van der Waals surface area contributed by atoms with E-state index in [4.69, 9.17) is 0 Å². The van der Waals surface area contributed by atoms with Crippen molar-refractivity contribution >= 4 is 17.5 Å². The number of aromatic nitrogens is 1. The number of benzene rings is 1. The van der Waals surface area contributed by atoms with Crippen molar-refractivity contribution in [3.05, 3.63) is 70.1 Å². The van der Waals surface area contributed by atoms with Gasteiger partial charge in [0.25, 0.3) is 11.5 Å². The average molecular weight is 338 g/mol. The van der Waals surface area contributed by atoms with Crippen LogP contribution in [0.25, 0.3) is 0 Å². The highest BCUT2D eigenvalue weighted by molar-refractivity contribution is 6.06. The van der Waals surface area contributed by atoms with E-state index in [1.165, 1.54) is 10.6 Å². The van der Waals surface area contributed by atoms with E-state index < -0.39 is 17.5 Å². The van der Waals surface area contributed by atoms with Crippen molar-refractivity contribution in [1.82, 2.24) is 9.88 Å². The first kappa shape index (κ1) is 16.8. The van der Waals surface area contributed by atoms with Crippen molar-refractivity contribution in [1.29, 1.82) is 0 Å². The van der Waals surface area contributed by atoms with E-state index in [2.05, 4.69) is 5.32 Å². The molecule has 0 radical (unpaired) electrons. The Hall–Kier alpha value is -3.02. The van der Waals surface area contributed by atoms with Gasteiger partial charge in [0.1, 0.15) is 11.3 Å². The Balaban J connectivity index is 1.77. The van der Waals surface area contributed by atoms with Gasteiger partial charge in [-0.25, -0.2) is 0 Å². The Bertz CT molecular complexity index is 870. The maximum atomic E-state index is 12.6. The highest BCUT2D eigenvalue weighted by Gasteiger charge is 2.29. The molecule has 1 saturated carbocycles. The van der Waals surface area contributed by atoms with Gasteiger partial charge in [0.15, 0.2) is 5.78 Å². The number of Topliss-reactive ketones (excluding diaryl/α,β-unsaturated/α-hetero) is 2.